The first kappa shape index (κ1) is 26.9. The van der Waals surface area contributed by atoms with Crippen molar-refractivity contribution in [2.75, 3.05) is 32.1 Å². The average molecular weight is 543 g/mol. The quantitative estimate of drug-likeness (QED) is 0.342. The van der Waals surface area contributed by atoms with Crippen LogP contribution in [0.4, 0.5) is 10.1 Å². The number of aliphatic hydroxyl groups excluding tert-OH is 3. The molecule has 0 aromatic heterocycles. The van der Waals surface area contributed by atoms with Crippen molar-refractivity contribution in [1.29, 1.82) is 0 Å². The summed E-state index contributed by atoms with van der Waals surface area (Å²) in [6.45, 7) is 8.56. The zero-order chi connectivity index (χ0) is 28.1. The molecule has 2 aliphatic carbocycles. The number of aliphatic hydroxyl groups is 3. The molecule has 2 saturated heterocycles. The number of carbonyl (C=O) groups is 2. The van der Waals surface area contributed by atoms with E-state index in [-0.39, 0.29) is 30.5 Å². The molecule has 9 atom stereocenters. The van der Waals surface area contributed by atoms with Gasteiger partial charge in [0.15, 0.2) is 0 Å². The fourth-order valence-electron chi connectivity index (χ4n) is 9.82. The van der Waals surface area contributed by atoms with Gasteiger partial charge >= 0.3 is 5.97 Å². The second kappa shape index (κ2) is 8.59. The Hall–Kier alpha value is -2.33. The van der Waals surface area contributed by atoms with E-state index in [0.717, 1.165) is 24.8 Å². The normalized spacial score (nSPS) is 45.5. The third-order valence-electron chi connectivity index (χ3n) is 11.7. The zero-order valence-corrected chi connectivity index (χ0v) is 22.9. The Morgan fingerprint density at radius 1 is 1.21 bits per heavy atom. The maximum absolute atomic E-state index is 14.6. The van der Waals surface area contributed by atoms with Crippen molar-refractivity contribution >= 4 is 17.6 Å². The van der Waals surface area contributed by atoms with Crippen molar-refractivity contribution in [1.82, 2.24) is 4.90 Å². The second-order valence-corrected chi connectivity index (χ2v) is 13.2. The Kier molecular flexibility index (Phi) is 5.91. The number of ether oxygens (including phenoxy) is 1. The Morgan fingerprint density at radius 2 is 1.95 bits per heavy atom. The first-order chi connectivity index (χ1) is 18.4. The first-order valence-corrected chi connectivity index (χ1v) is 14.0. The maximum atomic E-state index is 14.6. The van der Waals surface area contributed by atoms with Crippen LogP contribution in [0.5, 0.6) is 0 Å². The summed E-state index contributed by atoms with van der Waals surface area (Å²) in [6, 6.07) is 4.05. The lowest BCUT2D eigenvalue weighted by atomic mass is 9.45. The number of fused-ring (bicyclic) bond motifs is 4. The third kappa shape index (κ3) is 3.08. The van der Waals surface area contributed by atoms with Crippen LogP contribution >= 0.6 is 0 Å². The molecule has 0 radical (unpaired) electrons. The number of benzene rings is 1. The van der Waals surface area contributed by atoms with Gasteiger partial charge in [0.25, 0.3) is 5.91 Å². The molecule has 2 spiro atoms. The second-order valence-electron chi connectivity index (χ2n) is 13.2. The highest BCUT2D eigenvalue weighted by Crippen LogP contribution is 2.67. The maximum Gasteiger partial charge on any atom is 0.318 e. The number of allylic oxidation sites excluding steroid dienone is 1. The van der Waals surface area contributed by atoms with Gasteiger partial charge in [-0.25, -0.2) is 4.39 Å². The van der Waals surface area contributed by atoms with Crippen LogP contribution in [0, 0.1) is 39.8 Å². The fraction of sp³-hybridized carbons (Fsp3) is 0.667. The van der Waals surface area contributed by atoms with Gasteiger partial charge in [0, 0.05) is 23.2 Å². The molecule has 39 heavy (non-hydrogen) atoms. The Morgan fingerprint density at radius 3 is 2.62 bits per heavy atom. The summed E-state index contributed by atoms with van der Waals surface area (Å²) in [5.41, 5.74) is -2.41. The molecule has 1 unspecified atom stereocenters. The number of nitrogens with one attached hydrogen (secondary N) is 1. The summed E-state index contributed by atoms with van der Waals surface area (Å²) < 4.78 is 20.1. The van der Waals surface area contributed by atoms with E-state index < -0.39 is 52.2 Å². The predicted octanol–water partition coefficient (Wildman–Crippen LogP) is 2.57. The van der Waals surface area contributed by atoms with Crippen molar-refractivity contribution in [3.05, 3.63) is 41.7 Å². The number of anilines is 1. The lowest BCUT2D eigenvalue weighted by Gasteiger charge is -2.60. The topological polar surface area (TPSA) is 119 Å². The van der Waals surface area contributed by atoms with Gasteiger partial charge in [-0.05, 0) is 80.5 Å². The number of rotatable bonds is 3. The van der Waals surface area contributed by atoms with Gasteiger partial charge in [0.2, 0.25) is 0 Å². The smallest absolute Gasteiger partial charge is 0.318 e. The molecule has 6 rings (SSSR count). The largest absolute Gasteiger partial charge is 0.462 e. The lowest BCUT2D eigenvalue weighted by molar-refractivity contribution is -0.165. The van der Waals surface area contributed by atoms with E-state index in [0.29, 0.717) is 30.6 Å². The van der Waals surface area contributed by atoms with E-state index >= 15 is 0 Å². The van der Waals surface area contributed by atoms with Crippen LogP contribution in [0.2, 0.25) is 0 Å². The molecule has 1 amide bonds. The van der Waals surface area contributed by atoms with Crippen molar-refractivity contribution < 1.29 is 34.0 Å². The number of halogens is 1. The molecule has 3 heterocycles. The fourth-order valence-corrected chi connectivity index (χ4v) is 9.82. The number of amides is 1. The van der Waals surface area contributed by atoms with Crippen LogP contribution in [0.15, 0.2) is 30.4 Å². The third-order valence-corrected chi connectivity index (χ3v) is 11.7. The molecular weight excluding hydrogens is 503 g/mol. The van der Waals surface area contributed by atoms with Crippen molar-refractivity contribution in [3.8, 4) is 0 Å². The van der Waals surface area contributed by atoms with Gasteiger partial charge in [-0.2, -0.15) is 0 Å². The molecule has 8 nitrogen and oxygen atoms in total. The molecule has 0 bridgehead atoms. The number of hydrogen-bond donors (Lipinski definition) is 4. The minimum atomic E-state index is -1.64. The van der Waals surface area contributed by atoms with Gasteiger partial charge in [-0.1, -0.05) is 26.0 Å². The number of hydrogen-bond acceptors (Lipinski definition) is 7. The molecule has 212 valence electrons. The van der Waals surface area contributed by atoms with Crippen LogP contribution in [0.1, 0.15) is 51.5 Å². The molecule has 9 heteroatoms. The summed E-state index contributed by atoms with van der Waals surface area (Å²) in [5, 5.41) is 35.8. The summed E-state index contributed by atoms with van der Waals surface area (Å²) >= 11 is 0. The van der Waals surface area contributed by atoms with Crippen LogP contribution < -0.4 is 5.32 Å². The number of carbonyl (C=O) groups excluding carboxylic acids is 2. The monoisotopic (exact) mass is 542 g/mol. The highest BCUT2D eigenvalue weighted by atomic mass is 19.1. The van der Waals surface area contributed by atoms with E-state index in [1.54, 1.807) is 11.9 Å². The highest BCUT2D eigenvalue weighted by Gasteiger charge is 2.79. The average Bonchev–Trinajstić information content (AvgIpc) is 3.46. The van der Waals surface area contributed by atoms with E-state index in [4.69, 9.17) is 4.74 Å². The van der Waals surface area contributed by atoms with Crippen LogP contribution in [0.25, 0.3) is 0 Å². The van der Waals surface area contributed by atoms with E-state index in [1.165, 1.54) is 18.2 Å². The Balaban J connectivity index is 1.48. The van der Waals surface area contributed by atoms with E-state index in [2.05, 4.69) is 18.8 Å². The molecule has 3 aliphatic heterocycles. The van der Waals surface area contributed by atoms with Crippen LogP contribution in [-0.4, -0.2) is 71.1 Å². The summed E-state index contributed by atoms with van der Waals surface area (Å²) in [4.78, 5) is 29.6. The molecular formula is C30H39FN2O6. The zero-order valence-electron chi connectivity index (χ0n) is 22.9. The first-order valence-electron chi connectivity index (χ1n) is 14.0. The predicted molar refractivity (Wildman–Crippen MR) is 141 cm³/mol. The molecule has 1 aromatic carbocycles. The number of likely N-dealkylation sites (N-methyl/N-ethyl adjacent to an activating group) is 1. The van der Waals surface area contributed by atoms with Gasteiger partial charge in [0.05, 0.1) is 12.7 Å². The van der Waals surface area contributed by atoms with Crippen molar-refractivity contribution in [2.24, 2.45) is 34.0 Å². The summed E-state index contributed by atoms with van der Waals surface area (Å²) in [6.07, 6.45) is 1.42. The SMILES string of the molecule is C=C1CC[C@@H]2[C@](C)(CO)[C@H](O)CC[C@]2(C)[C@@H]1CC1CN(C)[C@@]2(C(=O)Nc3ccc(F)cc32)[C@@]12C(=O)OC[C@H]2O. The van der Waals surface area contributed by atoms with Crippen LogP contribution in [0.3, 0.4) is 0 Å². The minimum Gasteiger partial charge on any atom is -0.462 e. The van der Waals surface area contributed by atoms with Crippen molar-refractivity contribution in [3.63, 3.8) is 0 Å². The van der Waals surface area contributed by atoms with Gasteiger partial charge < -0.3 is 25.4 Å². The van der Waals surface area contributed by atoms with Crippen molar-refractivity contribution in [2.45, 2.75) is 63.7 Å². The molecule has 5 aliphatic rings. The highest BCUT2D eigenvalue weighted by molar-refractivity contribution is 6.10. The van der Waals surface area contributed by atoms with E-state index in [1.807, 2.05) is 6.92 Å². The lowest BCUT2D eigenvalue weighted by Crippen LogP contribution is -2.62. The Bertz CT molecular complexity index is 1260. The van der Waals surface area contributed by atoms with E-state index in [9.17, 15) is 29.3 Å². The summed E-state index contributed by atoms with van der Waals surface area (Å²) in [7, 11) is 1.75. The standard InChI is InChI=1S/C30H39FN2O6/c1-16-5-8-22-27(2,10-9-23(35)28(22,3)15-34)19(16)11-17-13-33(4)30(29(17)24(36)14-39-26(29)38)20-12-18(31)6-7-21(20)32-25(30)37/h6-7,12,17,19,22-24,34-36H,1,5,8-11,13-15H2,2-4H3,(H,32,37)/t17?,19-,22+,23-,24-,27-,28+,29+,30+/m1/s1. The molecule has 2 saturated carbocycles. The minimum absolute atomic E-state index is 0.0309. The molecule has 4 fully saturated rings. The molecule has 4 N–H and O–H groups in total. The number of nitrogens with zero attached hydrogens (tertiary/aromatic N) is 1. The summed E-state index contributed by atoms with van der Waals surface area (Å²) in [5.74, 6) is -2.17. The number of cyclic esters (lactones) is 1. The number of esters is 1. The van der Waals surface area contributed by atoms with Crippen LogP contribution in [-0.2, 0) is 19.9 Å². The van der Waals surface area contributed by atoms with Gasteiger partial charge in [-0.15, -0.1) is 0 Å². The number of likely N-dealkylation sites (tertiary alicyclic amines) is 1. The molecule has 1 aromatic rings. The Labute approximate surface area is 228 Å². The van der Waals surface area contributed by atoms with Gasteiger partial charge in [-0.3, -0.25) is 14.5 Å². The van der Waals surface area contributed by atoms with Gasteiger partial charge in [0.1, 0.15) is 29.5 Å².